The molecule has 2 heterocycles. The summed E-state index contributed by atoms with van der Waals surface area (Å²) in [5.74, 6) is 1.46. The third-order valence-electron chi connectivity index (χ3n) is 4.97. The van der Waals surface area contributed by atoms with Crippen molar-refractivity contribution in [2.45, 2.75) is 26.6 Å². The first-order valence-electron chi connectivity index (χ1n) is 9.21. The van der Waals surface area contributed by atoms with Gasteiger partial charge < -0.3 is 19.0 Å². The smallest absolute Gasteiger partial charge is 0.178 e. The van der Waals surface area contributed by atoms with Crippen LogP contribution in [0.25, 0.3) is 16.7 Å². The van der Waals surface area contributed by atoms with Crippen LogP contribution >= 0.6 is 23.2 Å². The van der Waals surface area contributed by atoms with E-state index in [1.807, 2.05) is 12.1 Å². The highest BCUT2D eigenvalue weighted by Crippen LogP contribution is 2.36. The summed E-state index contributed by atoms with van der Waals surface area (Å²) in [6, 6.07) is 12.6. The Bertz CT molecular complexity index is 1210. The Morgan fingerprint density at radius 1 is 1.10 bits per heavy atom. The van der Waals surface area contributed by atoms with Crippen molar-refractivity contribution in [1.29, 1.82) is 0 Å². The summed E-state index contributed by atoms with van der Waals surface area (Å²) >= 11 is 12.0. The molecule has 1 N–H and O–H groups in total. The average molecular weight is 445 g/mol. The van der Waals surface area contributed by atoms with Crippen LogP contribution in [0.4, 0.5) is 0 Å². The molecule has 1 aliphatic rings. The topological polar surface area (TPSA) is 68.9 Å². The molecule has 30 heavy (non-hydrogen) atoms. The zero-order chi connectivity index (χ0) is 21.4. The summed E-state index contributed by atoms with van der Waals surface area (Å²) in [5, 5.41) is 12.1. The quantitative estimate of drug-likeness (QED) is 0.456. The third-order valence-corrected chi connectivity index (χ3v) is 5.70. The van der Waals surface area contributed by atoms with Crippen molar-refractivity contribution >= 4 is 46.2 Å². The molecule has 0 spiro atoms. The molecule has 7 heteroatoms. The molecule has 4 rings (SSSR count). The van der Waals surface area contributed by atoms with Crippen LogP contribution in [0.3, 0.4) is 0 Å². The summed E-state index contributed by atoms with van der Waals surface area (Å²) in [6.07, 6.45) is -0.197. The maximum atomic E-state index is 11.3. The fourth-order valence-electron chi connectivity index (χ4n) is 3.23. The number of carbonyl (C=O) groups is 1. The van der Waals surface area contributed by atoms with Gasteiger partial charge in [-0.2, -0.15) is 0 Å². The Kier molecular flexibility index (Phi) is 5.50. The Morgan fingerprint density at radius 2 is 1.90 bits per heavy atom. The molecule has 0 saturated heterocycles. The van der Waals surface area contributed by atoms with E-state index in [2.05, 4.69) is 0 Å². The summed E-state index contributed by atoms with van der Waals surface area (Å²) in [6.45, 7) is 3.71. The predicted octanol–water partition coefficient (Wildman–Crippen LogP) is 6.48. The lowest BCUT2D eigenvalue weighted by Gasteiger charge is -2.24. The number of aliphatic hydroxyl groups excluding tert-OH is 1. The number of ether oxygens (including phenoxy) is 2. The summed E-state index contributed by atoms with van der Waals surface area (Å²) < 4.78 is 17.5. The number of benzene rings is 2. The molecular formula is C23H18Cl2O5. The lowest BCUT2D eigenvalue weighted by atomic mass is 10.0. The van der Waals surface area contributed by atoms with Crippen LogP contribution < -0.4 is 4.74 Å². The zero-order valence-corrected chi connectivity index (χ0v) is 17.8. The van der Waals surface area contributed by atoms with E-state index < -0.39 is 6.10 Å². The van der Waals surface area contributed by atoms with Crippen molar-refractivity contribution in [2.75, 3.05) is 0 Å². The number of rotatable bonds is 5. The van der Waals surface area contributed by atoms with Crippen molar-refractivity contribution in [3.63, 3.8) is 0 Å². The van der Waals surface area contributed by atoms with Gasteiger partial charge in [0.25, 0.3) is 0 Å². The molecule has 0 aliphatic carbocycles. The number of hydrogen-bond acceptors (Lipinski definition) is 5. The molecule has 1 atom stereocenters. The highest BCUT2D eigenvalue weighted by Gasteiger charge is 2.28. The molecule has 5 nitrogen and oxygen atoms in total. The maximum absolute atomic E-state index is 11.3. The van der Waals surface area contributed by atoms with E-state index in [-0.39, 0.29) is 5.76 Å². The lowest BCUT2D eigenvalue weighted by Crippen LogP contribution is -2.22. The van der Waals surface area contributed by atoms with Gasteiger partial charge in [0.05, 0.1) is 10.0 Å². The molecular weight excluding hydrogens is 427 g/mol. The fourth-order valence-corrected chi connectivity index (χ4v) is 3.55. The van der Waals surface area contributed by atoms with Gasteiger partial charge in [0.15, 0.2) is 23.9 Å². The van der Waals surface area contributed by atoms with Crippen molar-refractivity contribution in [3.05, 3.63) is 80.7 Å². The fraction of sp³-hybridized carbons (Fsp3) is 0.174. The highest BCUT2D eigenvalue weighted by molar-refractivity contribution is 6.42. The number of aliphatic hydroxyl groups is 1. The summed E-state index contributed by atoms with van der Waals surface area (Å²) in [7, 11) is 0. The van der Waals surface area contributed by atoms with Gasteiger partial charge in [0.1, 0.15) is 23.7 Å². The molecule has 0 radical (unpaired) electrons. The van der Waals surface area contributed by atoms with Gasteiger partial charge >= 0.3 is 0 Å². The Labute approximate surface area is 183 Å². The van der Waals surface area contributed by atoms with E-state index in [0.29, 0.717) is 56.9 Å². The molecule has 154 valence electrons. The molecule has 2 aromatic carbocycles. The van der Waals surface area contributed by atoms with Gasteiger partial charge in [-0.3, -0.25) is 4.79 Å². The minimum atomic E-state index is -0.845. The largest absolute Gasteiger partial charge is 0.507 e. The van der Waals surface area contributed by atoms with Crippen molar-refractivity contribution < 1.29 is 23.8 Å². The summed E-state index contributed by atoms with van der Waals surface area (Å²) in [4.78, 5) is 11.3. The third kappa shape index (κ3) is 3.78. The number of allylic oxidation sites excluding steroid dienone is 1. The normalized spacial score (nSPS) is 16.7. The second-order valence-electron chi connectivity index (χ2n) is 7.01. The van der Waals surface area contributed by atoms with Crippen molar-refractivity contribution in [3.8, 4) is 5.75 Å². The SMILES string of the molecule is CC1=C(c2cc3cc(OCc4ccc(Cl)c(Cl)c4)ccc3o2)OC(C=O)C(C)=C1O. The van der Waals surface area contributed by atoms with Crippen LogP contribution in [0.2, 0.25) is 10.0 Å². The monoisotopic (exact) mass is 444 g/mol. The molecule has 1 unspecified atom stereocenters. The number of carbonyl (C=O) groups excluding carboxylic acids is 1. The number of fused-ring (bicyclic) bond motifs is 1. The van der Waals surface area contributed by atoms with Crippen LogP contribution in [0.1, 0.15) is 25.2 Å². The number of aldehydes is 1. The van der Waals surface area contributed by atoms with Crippen LogP contribution in [-0.2, 0) is 16.1 Å². The van der Waals surface area contributed by atoms with E-state index in [1.54, 1.807) is 44.2 Å². The molecule has 1 aromatic heterocycles. The number of furan rings is 1. The predicted molar refractivity (Wildman–Crippen MR) is 116 cm³/mol. The van der Waals surface area contributed by atoms with E-state index in [4.69, 9.17) is 37.1 Å². The second-order valence-corrected chi connectivity index (χ2v) is 7.82. The average Bonchev–Trinajstić information content (AvgIpc) is 3.16. The first-order valence-corrected chi connectivity index (χ1v) is 9.96. The Balaban J connectivity index is 1.60. The molecule has 0 saturated carbocycles. The minimum absolute atomic E-state index is 0.0412. The molecule has 0 amide bonds. The Hall–Kier alpha value is -2.89. The molecule has 1 aliphatic heterocycles. The van der Waals surface area contributed by atoms with Gasteiger partial charge in [-0.1, -0.05) is 29.3 Å². The van der Waals surface area contributed by atoms with Crippen LogP contribution in [0, 0.1) is 0 Å². The molecule has 3 aromatic rings. The molecule has 0 bridgehead atoms. The zero-order valence-electron chi connectivity index (χ0n) is 16.2. The van der Waals surface area contributed by atoms with Gasteiger partial charge in [-0.05, 0) is 55.8 Å². The van der Waals surface area contributed by atoms with Gasteiger partial charge in [0.2, 0.25) is 0 Å². The van der Waals surface area contributed by atoms with Crippen LogP contribution in [0.15, 0.2) is 63.8 Å². The van der Waals surface area contributed by atoms with E-state index >= 15 is 0 Å². The maximum Gasteiger partial charge on any atom is 0.178 e. The van der Waals surface area contributed by atoms with Gasteiger partial charge in [-0.25, -0.2) is 0 Å². The second kappa shape index (κ2) is 8.09. The van der Waals surface area contributed by atoms with Crippen LogP contribution in [-0.4, -0.2) is 17.5 Å². The highest BCUT2D eigenvalue weighted by atomic mass is 35.5. The van der Waals surface area contributed by atoms with Gasteiger partial charge in [0, 0.05) is 16.5 Å². The van der Waals surface area contributed by atoms with Crippen molar-refractivity contribution in [2.24, 2.45) is 0 Å². The summed E-state index contributed by atoms with van der Waals surface area (Å²) in [5.41, 5.74) is 2.51. The standard InChI is InChI=1S/C23H18Cl2O5/c1-12-21(10-26)30-23(13(2)22(12)27)20-9-15-8-16(4-6-19(15)29-20)28-11-14-3-5-17(24)18(25)7-14/h3-10,21,27H,11H2,1-2H3. The van der Waals surface area contributed by atoms with E-state index in [1.165, 1.54) is 0 Å². The lowest BCUT2D eigenvalue weighted by molar-refractivity contribution is -0.113. The minimum Gasteiger partial charge on any atom is -0.507 e. The van der Waals surface area contributed by atoms with Crippen molar-refractivity contribution in [1.82, 2.24) is 0 Å². The van der Waals surface area contributed by atoms with Gasteiger partial charge in [-0.15, -0.1) is 0 Å². The van der Waals surface area contributed by atoms with Crippen LogP contribution in [0.5, 0.6) is 5.75 Å². The van der Waals surface area contributed by atoms with E-state index in [9.17, 15) is 9.90 Å². The number of hydrogen-bond donors (Lipinski definition) is 1. The first-order chi connectivity index (χ1) is 14.4. The Morgan fingerprint density at radius 3 is 2.63 bits per heavy atom. The first kappa shape index (κ1) is 20.4. The number of halogens is 2. The molecule has 0 fully saturated rings. The van der Waals surface area contributed by atoms with E-state index in [0.717, 1.165) is 10.9 Å².